The summed E-state index contributed by atoms with van der Waals surface area (Å²) in [6.07, 6.45) is 0. The van der Waals surface area contributed by atoms with Gasteiger partial charge < -0.3 is 10.4 Å². The number of carbonyl (C=O) groups excluding carboxylic acids is 1. The van der Waals surface area contributed by atoms with E-state index < -0.39 is 5.97 Å². The third-order valence-corrected chi connectivity index (χ3v) is 2.48. The molecular formula is C13H17NO3. The molecule has 1 rings (SSSR count). The van der Waals surface area contributed by atoms with Gasteiger partial charge in [-0.3, -0.25) is 4.79 Å². The second-order valence-corrected chi connectivity index (χ2v) is 4.38. The lowest BCUT2D eigenvalue weighted by molar-refractivity contribution is 0.0689. The van der Waals surface area contributed by atoms with Crippen molar-refractivity contribution < 1.29 is 14.7 Å². The van der Waals surface area contributed by atoms with Gasteiger partial charge in [-0.2, -0.15) is 0 Å². The first-order valence-corrected chi connectivity index (χ1v) is 5.49. The number of amides is 1. The van der Waals surface area contributed by atoms with E-state index in [9.17, 15) is 14.7 Å². The summed E-state index contributed by atoms with van der Waals surface area (Å²) in [4.78, 5) is 23.2. The van der Waals surface area contributed by atoms with Gasteiger partial charge in [-0.05, 0) is 38.8 Å². The van der Waals surface area contributed by atoms with Crippen LogP contribution in [0.25, 0.3) is 0 Å². The van der Waals surface area contributed by atoms with E-state index in [2.05, 4.69) is 5.32 Å². The summed E-state index contributed by atoms with van der Waals surface area (Å²) in [7, 11) is 0. The Bertz CT molecular complexity index is 464. The van der Waals surface area contributed by atoms with Crippen LogP contribution in [0.15, 0.2) is 12.1 Å². The van der Waals surface area contributed by atoms with E-state index in [0.717, 1.165) is 0 Å². The number of carboxylic acids is 1. The number of nitrogens with one attached hydrogen (secondary N) is 1. The zero-order chi connectivity index (χ0) is 13.2. The van der Waals surface area contributed by atoms with Gasteiger partial charge >= 0.3 is 5.97 Å². The van der Waals surface area contributed by atoms with Gasteiger partial charge in [0.2, 0.25) is 0 Å². The Morgan fingerprint density at radius 3 is 2.00 bits per heavy atom. The summed E-state index contributed by atoms with van der Waals surface area (Å²) >= 11 is 0. The van der Waals surface area contributed by atoms with E-state index in [1.807, 2.05) is 13.8 Å². The first-order chi connectivity index (χ1) is 7.84. The van der Waals surface area contributed by atoms with Crippen LogP contribution in [0.3, 0.4) is 0 Å². The average molecular weight is 235 g/mol. The Hall–Kier alpha value is -1.84. The molecule has 0 saturated carbocycles. The maximum absolute atomic E-state index is 12.0. The van der Waals surface area contributed by atoms with Gasteiger partial charge in [0, 0.05) is 6.04 Å². The SMILES string of the molecule is Cc1ccc(C)c(C(=O)NC(C)C)c1C(=O)O. The Kier molecular flexibility index (Phi) is 3.89. The third-order valence-electron chi connectivity index (χ3n) is 2.48. The molecule has 0 aliphatic heterocycles. The Morgan fingerprint density at radius 1 is 1.12 bits per heavy atom. The molecule has 4 nitrogen and oxygen atoms in total. The van der Waals surface area contributed by atoms with E-state index in [-0.39, 0.29) is 23.1 Å². The fraction of sp³-hybridized carbons (Fsp3) is 0.385. The lowest BCUT2D eigenvalue weighted by Crippen LogP contribution is -2.32. The monoisotopic (exact) mass is 235 g/mol. The second-order valence-electron chi connectivity index (χ2n) is 4.38. The summed E-state index contributed by atoms with van der Waals surface area (Å²) in [5, 5.41) is 11.9. The highest BCUT2D eigenvalue weighted by Gasteiger charge is 2.21. The second kappa shape index (κ2) is 4.99. The predicted octanol–water partition coefficient (Wildman–Crippen LogP) is 2.14. The smallest absolute Gasteiger partial charge is 0.336 e. The van der Waals surface area contributed by atoms with Crippen molar-refractivity contribution in [2.45, 2.75) is 33.7 Å². The summed E-state index contributed by atoms with van der Waals surface area (Å²) in [6, 6.07) is 3.45. The molecule has 0 atom stereocenters. The van der Waals surface area contributed by atoms with Crippen LogP contribution in [0.1, 0.15) is 45.7 Å². The number of aromatic carboxylic acids is 1. The van der Waals surface area contributed by atoms with Gasteiger partial charge in [0.25, 0.3) is 5.91 Å². The molecule has 0 radical (unpaired) electrons. The summed E-state index contributed by atoms with van der Waals surface area (Å²) in [6.45, 7) is 7.10. The van der Waals surface area contributed by atoms with E-state index in [4.69, 9.17) is 0 Å². The van der Waals surface area contributed by atoms with Gasteiger partial charge in [-0.25, -0.2) is 4.79 Å². The van der Waals surface area contributed by atoms with Crippen LogP contribution in [0.5, 0.6) is 0 Å². The lowest BCUT2D eigenvalue weighted by Gasteiger charge is -2.14. The van der Waals surface area contributed by atoms with Crippen LogP contribution >= 0.6 is 0 Å². The predicted molar refractivity (Wildman–Crippen MR) is 65.5 cm³/mol. The third kappa shape index (κ3) is 2.84. The fourth-order valence-corrected chi connectivity index (χ4v) is 1.71. The van der Waals surface area contributed by atoms with Crippen molar-refractivity contribution in [3.05, 3.63) is 34.4 Å². The van der Waals surface area contributed by atoms with E-state index >= 15 is 0 Å². The number of hydrogen-bond donors (Lipinski definition) is 2. The molecule has 0 spiro atoms. The van der Waals surface area contributed by atoms with Crippen molar-refractivity contribution in [3.8, 4) is 0 Å². The summed E-state index contributed by atoms with van der Waals surface area (Å²) in [5.41, 5.74) is 1.61. The van der Waals surface area contributed by atoms with Crippen molar-refractivity contribution in [2.24, 2.45) is 0 Å². The minimum atomic E-state index is -1.07. The van der Waals surface area contributed by atoms with Crippen LogP contribution < -0.4 is 5.32 Å². The molecule has 92 valence electrons. The average Bonchev–Trinajstić information content (AvgIpc) is 2.19. The molecule has 0 aromatic heterocycles. The molecule has 1 aromatic rings. The van der Waals surface area contributed by atoms with Crippen LogP contribution in [0, 0.1) is 13.8 Å². The van der Waals surface area contributed by atoms with Crippen LogP contribution in [-0.2, 0) is 0 Å². The molecule has 1 amide bonds. The largest absolute Gasteiger partial charge is 0.478 e. The highest BCUT2D eigenvalue weighted by Crippen LogP contribution is 2.19. The maximum atomic E-state index is 12.0. The number of rotatable bonds is 3. The Labute approximate surface area is 101 Å². The van der Waals surface area contributed by atoms with Crippen LogP contribution in [0.4, 0.5) is 0 Å². The highest BCUT2D eigenvalue weighted by atomic mass is 16.4. The minimum Gasteiger partial charge on any atom is -0.478 e. The molecule has 4 heteroatoms. The zero-order valence-corrected chi connectivity index (χ0v) is 10.5. The molecule has 1 aromatic carbocycles. The Balaban J connectivity index is 3.35. The van der Waals surface area contributed by atoms with E-state index in [1.54, 1.807) is 26.0 Å². The standard InChI is InChI=1S/C13H17NO3/c1-7(2)14-12(15)10-8(3)5-6-9(4)11(10)13(16)17/h5-7H,1-4H3,(H,14,15)(H,16,17). The highest BCUT2D eigenvalue weighted by molar-refractivity contribution is 6.06. The number of carbonyl (C=O) groups is 2. The molecule has 0 bridgehead atoms. The van der Waals surface area contributed by atoms with Gasteiger partial charge in [-0.1, -0.05) is 12.1 Å². The zero-order valence-electron chi connectivity index (χ0n) is 10.5. The molecule has 0 saturated heterocycles. The molecule has 0 aliphatic carbocycles. The normalized spacial score (nSPS) is 10.4. The molecule has 0 fully saturated rings. The van der Waals surface area contributed by atoms with Crippen molar-refractivity contribution in [2.75, 3.05) is 0 Å². The number of carboxylic acid groups (broad SMARTS) is 1. The van der Waals surface area contributed by atoms with Crippen molar-refractivity contribution >= 4 is 11.9 Å². The van der Waals surface area contributed by atoms with Gasteiger partial charge in [0.15, 0.2) is 0 Å². The van der Waals surface area contributed by atoms with Gasteiger partial charge in [0.1, 0.15) is 0 Å². The molecule has 0 aliphatic rings. The van der Waals surface area contributed by atoms with Gasteiger partial charge in [0.05, 0.1) is 11.1 Å². The fourth-order valence-electron chi connectivity index (χ4n) is 1.71. The van der Waals surface area contributed by atoms with Crippen molar-refractivity contribution in [3.63, 3.8) is 0 Å². The molecular weight excluding hydrogens is 218 g/mol. The molecule has 2 N–H and O–H groups in total. The first-order valence-electron chi connectivity index (χ1n) is 5.49. The summed E-state index contributed by atoms with van der Waals surface area (Å²) in [5.74, 6) is -1.40. The number of benzene rings is 1. The maximum Gasteiger partial charge on any atom is 0.336 e. The molecule has 0 unspecified atom stereocenters. The van der Waals surface area contributed by atoms with E-state index in [0.29, 0.717) is 11.1 Å². The van der Waals surface area contributed by atoms with Gasteiger partial charge in [-0.15, -0.1) is 0 Å². The molecule has 17 heavy (non-hydrogen) atoms. The summed E-state index contributed by atoms with van der Waals surface area (Å²) < 4.78 is 0. The van der Waals surface area contributed by atoms with Crippen molar-refractivity contribution in [1.82, 2.24) is 5.32 Å². The minimum absolute atomic E-state index is 0.0240. The quantitative estimate of drug-likeness (QED) is 0.843. The van der Waals surface area contributed by atoms with E-state index in [1.165, 1.54) is 0 Å². The molecule has 0 heterocycles. The Morgan fingerprint density at radius 2 is 1.59 bits per heavy atom. The topological polar surface area (TPSA) is 66.4 Å². The first kappa shape index (κ1) is 13.2. The lowest BCUT2D eigenvalue weighted by atomic mass is 9.96. The van der Waals surface area contributed by atoms with Crippen LogP contribution in [-0.4, -0.2) is 23.0 Å². The van der Waals surface area contributed by atoms with Crippen molar-refractivity contribution in [1.29, 1.82) is 0 Å². The van der Waals surface area contributed by atoms with Crippen LogP contribution in [0.2, 0.25) is 0 Å². The number of aryl methyl sites for hydroxylation is 2. The number of hydrogen-bond acceptors (Lipinski definition) is 2.